The maximum atomic E-state index is 11.9. The number of hydrogen-bond donors (Lipinski definition) is 2. The van der Waals surface area contributed by atoms with E-state index >= 15 is 0 Å². The number of carbonyl (C=O) groups is 2. The molecule has 1 rings (SSSR count). The van der Waals surface area contributed by atoms with Gasteiger partial charge in [-0.15, -0.1) is 0 Å². The Bertz CT molecular complexity index is 342. The van der Waals surface area contributed by atoms with Crippen LogP contribution in [0.25, 0.3) is 0 Å². The predicted molar refractivity (Wildman–Crippen MR) is 64.2 cm³/mol. The van der Waals surface area contributed by atoms with Gasteiger partial charge in [0.05, 0.1) is 6.61 Å². The average Bonchev–Trinajstić information content (AvgIpc) is 2.37. The van der Waals surface area contributed by atoms with Crippen LogP contribution in [0, 0.1) is 0 Å². The lowest BCUT2D eigenvalue weighted by molar-refractivity contribution is -0.122. The molecule has 0 spiro atoms. The van der Waals surface area contributed by atoms with E-state index in [1.165, 1.54) is 4.90 Å². The van der Waals surface area contributed by atoms with Crippen LogP contribution in [0.1, 0.15) is 19.8 Å². The number of amides is 3. The van der Waals surface area contributed by atoms with Crippen LogP contribution in [0.2, 0.25) is 0 Å². The average molecular weight is 297 g/mol. The molecule has 1 fully saturated rings. The summed E-state index contributed by atoms with van der Waals surface area (Å²) in [6.07, 6.45) is -3.87. The van der Waals surface area contributed by atoms with E-state index in [9.17, 15) is 22.8 Å². The van der Waals surface area contributed by atoms with Gasteiger partial charge in [-0.3, -0.25) is 0 Å². The molecule has 0 saturated carbocycles. The molecule has 6 nitrogen and oxygen atoms in total. The quantitative estimate of drug-likeness (QED) is 0.828. The summed E-state index contributed by atoms with van der Waals surface area (Å²) in [5.41, 5.74) is 0. The van der Waals surface area contributed by atoms with E-state index in [0.29, 0.717) is 25.9 Å². The van der Waals surface area contributed by atoms with E-state index < -0.39 is 24.8 Å². The summed E-state index contributed by atoms with van der Waals surface area (Å²) in [6.45, 7) is 1.45. The third kappa shape index (κ3) is 5.98. The molecule has 1 heterocycles. The maximum absolute atomic E-state index is 11.9. The van der Waals surface area contributed by atoms with Gasteiger partial charge in [0.2, 0.25) is 0 Å². The van der Waals surface area contributed by atoms with Gasteiger partial charge in [-0.05, 0) is 19.8 Å². The Morgan fingerprint density at radius 2 is 1.90 bits per heavy atom. The molecule has 0 atom stereocenters. The normalized spacial score (nSPS) is 16.7. The van der Waals surface area contributed by atoms with Gasteiger partial charge in [0, 0.05) is 19.1 Å². The molecule has 9 heteroatoms. The van der Waals surface area contributed by atoms with E-state index in [-0.39, 0.29) is 12.6 Å². The van der Waals surface area contributed by atoms with Crippen molar-refractivity contribution in [1.29, 1.82) is 0 Å². The van der Waals surface area contributed by atoms with Gasteiger partial charge in [-0.2, -0.15) is 13.2 Å². The first-order chi connectivity index (χ1) is 9.31. The summed E-state index contributed by atoms with van der Waals surface area (Å²) in [7, 11) is 0. The van der Waals surface area contributed by atoms with Gasteiger partial charge >= 0.3 is 18.3 Å². The monoisotopic (exact) mass is 297 g/mol. The Balaban J connectivity index is 2.25. The third-order valence-corrected chi connectivity index (χ3v) is 2.81. The molecule has 20 heavy (non-hydrogen) atoms. The van der Waals surface area contributed by atoms with E-state index in [2.05, 4.69) is 5.32 Å². The standard InChI is InChI=1S/C11H18F3N3O3/c1-2-20-10(19)17-5-3-8(4-6-17)16-9(18)15-7-11(12,13)14/h8H,2-7H2,1H3,(H2,15,16,18). The minimum atomic E-state index is -4.43. The van der Waals surface area contributed by atoms with Crippen molar-refractivity contribution in [3.8, 4) is 0 Å². The zero-order valence-electron chi connectivity index (χ0n) is 11.1. The molecular weight excluding hydrogens is 279 g/mol. The Kier molecular flexibility index (Phi) is 5.90. The lowest BCUT2D eigenvalue weighted by Crippen LogP contribution is -2.50. The number of piperidine rings is 1. The molecule has 0 bridgehead atoms. The third-order valence-electron chi connectivity index (χ3n) is 2.81. The summed E-state index contributed by atoms with van der Waals surface area (Å²) in [6, 6.07) is -1.09. The topological polar surface area (TPSA) is 70.7 Å². The smallest absolute Gasteiger partial charge is 0.409 e. The van der Waals surface area contributed by atoms with Crippen molar-refractivity contribution < 1.29 is 27.5 Å². The Labute approximate surface area is 114 Å². The zero-order chi connectivity index (χ0) is 15.2. The molecule has 2 N–H and O–H groups in total. The van der Waals surface area contributed by atoms with Crippen molar-refractivity contribution in [3.63, 3.8) is 0 Å². The first kappa shape index (κ1) is 16.4. The van der Waals surface area contributed by atoms with E-state index in [0.717, 1.165) is 0 Å². The van der Waals surface area contributed by atoms with Gasteiger partial charge < -0.3 is 20.3 Å². The minimum absolute atomic E-state index is 0.242. The van der Waals surface area contributed by atoms with Gasteiger partial charge in [-0.1, -0.05) is 0 Å². The van der Waals surface area contributed by atoms with Crippen molar-refractivity contribution in [2.24, 2.45) is 0 Å². The van der Waals surface area contributed by atoms with Crippen molar-refractivity contribution in [2.75, 3.05) is 26.2 Å². The molecule has 0 aromatic rings. The van der Waals surface area contributed by atoms with E-state index in [1.54, 1.807) is 12.2 Å². The Morgan fingerprint density at radius 3 is 2.40 bits per heavy atom. The molecule has 116 valence electrons. The van der Waals surface area contributed by atoms with Crippen LogP contribution in [0.3, 0.4) is 0 Å². The second kappa shape index (κ2) is 7.20. The van der Waals surface area contributed by atoms with Gasteiger partial charge in [0.25, 0.3) is 0 Å². The fraction of sp³-hybridized carbons (Fsp3) is 0.818. The van der Waals surface area contributed by atoms with Crippen LogP contribution in [0.15, 0.2) is 0 Å². The zero-order valence-corrected chi connectivity index (χ0v) is 11.1. The molecular formula is C11H18F3N3O3. The highest BCUT2D eigenvalue weighted by atomic mass is 19.4. The summed E-state index contributed by atoms with van der Waals surface area (Å²) in [5.74, 6) is 0. The minimum Gasteiger partial charge on any atom is -0.450 e. The highest BCUT2D eigenvalue weighted by Crippen LogP contribution is 2.13. The van der Waals surface area contributed by atoms with E-state index in [4.69, 9.17) is 4.74 Å². The second-order valence-corrected chi connectivity index (χ2v) is 4.40. The Hall–Kier alpha value is -1.67. The number of nitrogens with one attached hydrogen (secondary N) is 2. The highest BCUT2D eigenvalue weighted by molar-refractivity contribution is 5.74. The highest BCUT2D eigenvalue weighted by Gasteiger charge is 2.29. The van der Waals surface area contributed by atoms with Crippen molar-refractivity contribution >= 4 is 12.1 Å². The van der Waals surface area contributed by atoms with Gasteiger partial charge in [0.1, 0.15) is 6.54 Å². The molecule has 0 aliphatic carbocycles. The van der Waals surface area contributed by atoms with Crippen molar-refractivity contribution in [2.45, 2.75) is 32.0 Å². The molecule has 1 aliphatic rings. The number of urea groups is 1. The van der Waals surface area contributed by atoms with Crippen LogP contribution in [-0.2, 0) is 4.74 Å². The molecule has 1 saturated heterocycles. The number of carbonyl (C=O) groups excluding carboxylic acids is 2. The first-order valence-corrected chi connectivity index (χ1v) is 6.34. The maximum Gasteiger partial charge on any atom is 0.409 e. The van der Waals surface area contributed by atoms with Crippen molar-refractivity contribution in [1.82, 2.24) is 15.5 Å². The molecule has 0 aromatic heterocycles. The van der Waals surface area contributed by atoms with Gasteiger partial charge in [0.15, 0.2) is 0 Å². The first-order valence-electron chi connectivity index (χ1n) is 6.34. The van der Waals surface area contributed by atoms with E-state index in [1.807, 2.05) is 0 Å². The number of likely N-dealkylation sites (tertiary alicyclic amines) is 1. The summed E-state index contributed by atoms with van der Waals surface area (Å²) in [4.78, 5) is 24.2. The van der Waals surface area contributed by atoms with Crippen LogP contribution in [0.4, 0.5) is 22.8 Å². The number of hydrogen-bond acceptors (Lipinski definition) is 3. The fourth-order valence-electron chi connectivity index (χ4n) is 1.84. The molecule has 0 aromatic carbocycles. The largest absolute Gasteiger partial charge is 0.450 e. The fourth-order valence-corrected chi connectivity index (χ4v) is 1.84. The molecule has 0 radical (unpaired) electrons. The lowest BCUT2D eigenvalue weighted by Gasteiger charge is -2.31. The summed E-state index contributed by atoms with van der Waals surface area (Å²) in [5, 5.41) is 4.20. The summed E-state index contributed by atoms with van der Waals surface area (Å²) < 4.78 is 40.6. The van der Waals surface area contributed by atoms with Crippen LogP contribution in [0.5, 0.6) is 0 Å². The molecule has 3 amide bonds. The number of alkyl halides is 3. The molecule has 1 aliphatic heterocycles. The Morgan fingerprint density at radius 1 is 1.30 bits per heavy atom. The number of nitrogens with zero attached hydrogens (tertiary/aromatic N) is 1. The lowest BCUT2D eigenvalue weighted by atomic mass is 10.1. The molecule has 0 unspecified atom stereocenters. The predicted octanol–water partition coefficient (Wildman–Crippen LogP) is 1.47. The van der Waals surface area contributed by atoms with Gasteiger partial charge in [-0.25, -0.2) is 9.59 Å². The summed E-state index contributed by atoms with van der Waals surface area (Å²) >= 11 is 0. The number of rotatable bonds is 3. The van der Waals surface area contributed by atoms with Crippen LogP contribution < -0.4 is 10.6 Å². The van der Waals surface area contributed by atoms with Crippen molar-refractivity contribution in [3.05, 3.63) is 0 Å². The van der Waals surface area contributed by atoms with Crippen LogP contribution >= 0.6 is 0 Å². The number of ether oxygens (including phenoxy) is 1. The van der Waals surface area contributed by atoms with Crippen LogP contribution in [-0.4, -0.2) is 55.5 Å². The SMILES string of the molecule is CCOC(=O)N1CCC(NC(=O)NCC(F)(F)F)CC1. The second-order valence-electron chi connectivity index (χ2n) is 4.40. The number of halogens is 3.